The van der Waals surface area contributed by atoms with E-state index in [0.717, 1.165) is 11.3 Å². The minimum Gasteiger partial charge on any atom is -0.462 e. The maximum atomic E-state index is 11.9. The third-order valence-corrected chi connectivity index (χ3v) is 4.04. The number of aromatic amines is 1. The first-order valence-electron chi connectivity index (χ1n) is 6.05. The molecule has 1 aliphatic heterocycles. The van der Waals surface area contributed by atoms with Gasteiger partial charge in [-0.05, 0) is 32.4 Å². The first kappa shape index (κ1) is 14.8. The Balaban J connectivity index is 2.38. The molecule has 106 valence electrons. The van der Waals surface area contributed by atoms with Crippen LogP contribution >= 0.6 is 24.0 Å². The first-order valence-corrected chi connectivity index (χ1v) is 7.27. The lowest BCUT2D eigenvalue weighted by molar-refractivity contribution is -0.115. The largest absolute Gasteiger partial charge is 0.462 e. The standard InChI is InChI=1S/C13H14N2O3S2/c1-4-18-12(17)10-6(2)8(14-7(10)3)5-9-11(16)15-13(19)20-9/h5,14H,4H2,1-3H3,(H,15,16,19)/b9-5-. The van der Waals surface area contributed by atoms with Crippen molar-refractivity contribution in [2.75, 3.05) is 6.61 Å². The van der Waals surface area contributed by atoms with Crippen LogP contribution in [0.15, 0.2) is 4.91 Å². The molecule has 20 heavy (non-hydrogen) atoms. The third-order valence-electron chi connectivity index (χ3n) is 2.87. The van der Waals surface area contributed by atoms with Gasteiger partial charge in [0.25, 0.3) is 5.91 Å². The quantitative estimate of drug-likeness (QED) is 0.509. The number of amides is 1. The fourth-order valence-corrected chi connectivity index (χ4v) is 3.01. The van der Waals surface area contributed by atoms with E-state index in [-0.39, 0.29) is 11.9 Å². The number of thiocarbonyl (C=S) groups is 1. The minimum absolute atomic E-state index is 0.218. The van der Waals surface area contributed by atoms with Gasteiger partial charge in [0.15, 0.2) is 0 Å². The van der Waals surface area contributed by atoms with E-state index >= 15 is 0 Å². The van der Waals surface area contributed by atoms with Crippen LogP contribution in [0.3, 0.4) is 0 Å². The molecule has 0 spiro atoms. The number of hydrogen-bond donors (Lipinski definition) is 2. The topological polar surface area (TPSA) is 71.2 Å². The number of carbonyl (C=O) groups is 2. The molecule has 0 aromatic carbocycles. The molecule has 5 nitrogen and oxygen atoms in total. The maximum Gasteiger partial charge on any atom is 0.340 e. The van der Waals surface area contributed by atoms with E-state index in [2.05, 4.69) is 10.3 Å². The summed E-state index contributed by atoms with van der Waals surface area (Å²) >= 11 is 6.14. The van der Waals surface area contributed by atoms with Crippen molar-refractivity contribution in [1.82, 2.24) is 10.3 Å². The van der Waals surface area contributed by atoms with Gasteiger partial charge in [-0.1, -0.05) is 24.0 Å². The van der Waals surface area contributed by atoms with E-state index in [1.54, 1.807) is 19.9 Å². The van der Waals surface area contributed by atoms with Crippen LogP contribution in [0.1, 0.15) is 34.2 Å². The van der Waals surface area contributed by atoms with Crippen LogP contribution in [-0.2, 0) is 9.53 Å². The molecule has 1 amide bonds. The van der Waals surface area contributed by atoms with E-state index in [0.29, 0.717) is 27.1 Å². The fraction of sp³-hybridized carbons (Fsp3) is 0.308. The molecule has 0 aliphatic carbocycles. The second kappa shape index (κ2) is 5.80. The van der Waals surface area contributed by atoms with E-state index in [1.807, 2.05) is 6.92 Å². The van der Waals surface area contributed by atoms with Crippen LogP contribution in [0.5, 0.6) is 0 Å². The Kier molecular flexibility index (Phi) is 4.29. The SMILES string of the molecule is CCOC(=O)c1c(C)[nH]c(/C=C2\SC(=S)NC2=O)c1C. The van der Waals surface area contributed by atoms with Gasteiger partial charge in [0, 0.05) is 11.4 Å². The van der Waals surface area contributed by atoms with Crippen LogP contribution in [0.4, 0.5) is 0 Å². The Morgan fingerprint density at radius 3 is 2.70 bits per heavy atom. The Labute approximate surface area is 126 Å². The molecule has 7 heteroatoms. The van der Waals surface area contributed by atoms with Crippen molar-refractivity contribution in [2.24, 2.45) is 0 Å². The number of ether oxygens (including phenoxy) is 1. The maximum absolute atomic E-state index is 11.9. The van der Waals surface area contributed by atoms with Crippen LogP contribution < -0.4 is 5.32 Å². The van der Waals surface area contributed by atoms with Gasteiger partial charge in [-0.2, -0.15) is 0 Å². The summed E-state index contributed by atoms with van der Waals surface area (Å²) in [5.41, 5.74) is 2.72. The number of H-pyrrole nitrogens is 1. The molecule has 0 bridgehead atoms. The molecule has 0 unspecified atom stereocenters. The highest BCUT2D eigenvalue weighted by atomic mass is 32.2. The van der Waals surface area contributed by atoms with Crippen LogP contribution in [0, 0.1) is 13.8 Å². The lowest BCUT2D eigenvalue weighted by atomic mass is 10.1. The van der Waals surface area contributed by atoms with Crippen LogP contribution in [0.25, 0.3) is 6.08 Å². The van der Waals surface area contributed by atoms with Gasteiger partial charge in [-0.3, -0.25) is 4.79 Å². The monoisotopic (exact) mass is 310 g/mol. The molecule has 1 aromatic rings. The predicted octanol–water partition coefficient (Wildman–Crippen LogP) is 2.30. The summed E-state index contributed by atoms with van der Waals surface area (Å²) in [5, 5.41) is 2.55. The van der Waals surface area contributed by atoms with Crippen molar-refractivity contribution in [3.8, 4) is 0 Å². The summed E-state index contributed by atoms with van der Waals surface area (Å²) in [6.07, 6.45) is 1.70. The van der Waals surface area contributed by atoms with Crippen molar-refractivity contribution in [2.45, 2.75) is 20.8 Å². The molecule has 1 fully saturated rings. The zero-order valence-electron chi connectivity index (χ0n) is 11.3. The second-order valence-corrected chi connectivity index (χ2v) is 5.96. The number of hydrogen-bond acceptors (Lipinski definition) is 5. The Morgan fingerprint density at radius 2 is 2.15 bits per heavy atom. The summed E-state index contributed by atoms with van der Waals surface area (Å²) in [5.74, 6) is -0.577. The molecule has 1 aromatic heterocycles. The molecular weight excluding hydrogens is 296 g/mol. The Bertz CT molecular complexity index is 632. The van der Waals surface area contributed by atoms with Crippen LogP contribution in [-0.4, -0.2) is 27.8 Å². The predicted molar refractivity (Wildman–Crippen MR) is 82.5 cm³/mol. The second-order valence-electron chi connectivity index (χ2n) is 4.24. The smallest absolute Gasteiger partial charge is 0.340 e. The number of esters is 1. The van der Waals surface area contributed by atoms with Gasteiger partial charge in [0.1, 0.15) is 4.32 Å². The fourth-order valence-electron chi connectivity index (χ4n) is 1.98. The number of nitrogens with one attached hydrogen (secondary N) is 2. The zero-order chi connectivity index (χ0) is 14.9. The average Bonchev–Trinajstić information content (AvgIpc) is 2.81. The van der Waals surface area contributed by atoms with E-state index in [9.17, 15) is 9.59 Å². The molecular formula is C13H14N2O3S2. The lowest BCUT2D eigenvalue weighted by Gasteiger charge is -2.01. The molecule has 1 aliphatic rings. The lowest BCUT2D eigenvalue weighted by Crippen LogP contribution is -2.17. The van der Waals surface area contributed by atoms with E-state index in [4.69, 9.17) is 17.0 Å². The molecule has 0 atom stereocenters. The molecule has 2 heterocycles. The van der Waals surface area contributed by atoms with Gasteiger partial charge in [-0.25, -0.2) is 4.79 Å². The summed E-state index contributed by atoms with van der Waals surface area (Å²) in [6, 6.07) is 0. The normalized spacial score (nSPS) is 16.6. The van der Waals surface area contributed by atoms with Crippen molar-refractivity contribution >= 4 is 46.3 Å². The minimum atomic E-state index is -0.359. The first-order chi connectivity index (χ1) is 9.43. The summed E-state index contributed by atoms with van der Waals surface area (Å²) in [7, 11) is 0. The van der Waals surface area contributed by atoms with E-state index in [1.165, 1.54) is 11.8 Å². The summed E-state index contributed by atoms with van der Waals surface area (Å²) in [4.78, 5) is 27.1. The molecule has 2 rings (SSSR count). The highest BCUT2D eigenvalue weighted by Gasteiger charge is 2.24. The van der Waals surface area contributed by atoms with Crippen LogP contribution in [0.2, 0.25) is 0 Å². The molecule has 0 radical (unpaired) electrons. The number of carbonyl (C=O) groups excluding carboxylic acids is 2. The van der Waals surface area contributed by atoms with Gasteiger partial charge < -0.3 is 15.0 Å². The molecule has 1 saturated heterocycles. The summed E-state index contributed by atoms with van der Waals surface area (Å²) < 4.78 is 5.46. The third kappa shape index (κ3) is 2.78. The Hall–Kier alpha value is -1.60. The van der Waals surface area contributed by atoms with Crippen molar-refractivity contribution in [1.29, 1.82) is 0 Å². The zero-order valence-corrected chi connectivity index (χ0v) is 13.0. The molecule has 2 N–H and O–H groups in total. The van der Waals surface area contributed by atoms with E-state index < -0.39 is 0 Å². The van der Waals surface area contributed by atoms with Crippen molar-refractivity contribution < 1.29 is 14.3 Å². The number of aromatic nitrogens is 1. The van der Waals surface area contributed by atoms with Gasteiger partial charge >= 0.3 is 5.97 Å². The number of aryl methyl sites for hydroxylation is 1. The highest BCUT2D eigenvalue weighted by Crippen LogP contribution is 2.28. The van der Waals surface area contributed by atoms with Gasteiger partial charge in [0.2, 0.25) is 0 Å². The van der Waals surface area contributed by atoms with Crippen molar-refractivity contribution in [3.63, 3.8) is 0 Å². The highest BCUT2D eigenvalue weighted by molar-refractivity contribution is 8.26. The van der Waals surface area contributed by atoms with Gasteiger partial charge in [-0.15, -0.1) is 0 Å². The Morgan fingerprint density at radius 1 is 1.45 bits per heavy atom. The molecule has 0 saturated carbocycles. The van der Waals surface area contributed by atoms with Crippen molar-refractivity contribution in [3.05, 3.63) is 27.4 Å². The van der Waals surface area contributed by atoms with Gasteiger partial charge in [0.05, 0.1) is 17.1 Å². The number of rotatable bonds is 3. The summed E-state index contributed by atoms with van der Waals surface area (Å²) in [6.45, 7) is 5.70. The number of thioether (sulfide) groups is 1. The average molecular weight is 310 g/mol.